The van der Waals surface area contributed by atoms with E-state index in [4.69, 9.17) is 0 Å². The Balaban J connectivity index is 1.74. The Morgan fingerprint density at radius 3 is 1.56 bits per heavy atom. The van der Waals surface area contributed by atoms with E-state index >= 15 is 0 Å². The van der Waals surface area contributed by atoms with Crippen molar-refractivity contribution >= 4 is 0 Å². The summed E-state index contributed by atoms with van der Waals surface area (Å²) in [4.78, 5) is 0. The number of rotatable bonds is 7. The van der Waals surface area contributed by atoms with Gasteiger partial charge in [0.15, 0.2) is 0 Å². The van der Waals surface area contributed by atoms with Gasteiger partial charge in [-0.25, -0.2) is 0 Å². The molecule has 2 fully saturated rings. The van der Waals surface area contributed by atoms with Crippen LogP contribution in [0.1, 0.15) is 131 Å². The lowest BCUT2D eigenvalue weighted by atomic mass is 9.70. The molecule has 2 aliphatic rings. The van der Waals surface area contributed by atoms with E-state index in [2.05, 4.69) is 38.1 Å². The van der Waals surface area contributed by atoms with Crippen LogP contribution in [-0.4, -0.2) is 10.2 Å². The molecule has 0 saturated heterocycles. The first-order valence-electron chi connectivity index (χ1n) is 13.2. The maximum Gasteiger partial charge on any atom is 0.119 e. The fourth-order valence-electron chi connectivity index (χ4n) is 6.26. The molecule has 0 radical (unpaired) electrons. The van der Waals surface area contributed by atoms with E-state index in [0.29, 0.717) is 23.3 Å². The largest absolute Gasteiger partial charge is 0.508 e. The van der Waals surface area contributed by atoms with Crippen LogP contribution in [0.25, 0.3) is 0 Å². The molecule has 0 atom stereocenters. The van der Waals surface area contributed by atoms with Gasteiger partial charge in [0.1, 0.15) is 11.5 Å². The van der Waals surface area contributed by atoms with Crippen molar-refractivity contribution in [2.75, 3.05) is 0 Å². The smallest absolute Gasteiger partial charge is 0.119 e. The van der Waals surface area contributed by atoms with Crippen molar-refractivity contribution in [1.29, 1.82) is 0 Å². The summed E-state index contributed by atoms with van der Waals surface area (Å²) in [6, 6.07) is 12.8. The number of unbranched alkanes of at least 4 members (excludes halogenated alkanes) is 1. The summed E-state index contributed by atoms with van der Waals surface area (Å²) in [5.74, 6) is 1.90. The van der Waals surface area contributed by atoms with E-state index in [1.807, 2.05) is 12.1 Å². The summed E-state index contributed by atoms with van der Waals surface area (Å²) in [7, 11) is 0. The molecule has 0 spiro atoms. The Kier molecular flexibility index (Phi) is 7.48. The van der Waals surface area contributed by atoms with Gasteiger partial charge in [0.05, 0.1) is 0 Å². The lowest BCUT2D eigenvalue weighted by Gasteiger charge is -2.34. The van der Waals surface area contributed by atoms with E-state index in [-0.39, 0.29) is 5.41 Å². The Hall–Kier alpha value is -1.96. The van der Waals surface area contributed by atoms with Gasteiger partial charge in [0, 0.05) is 5.41 Å². The van der Waals surface area contributed by atoms with Crippen LogP contribution in [0.15, 0.2) is 36.4 Å². The average molecular weight is 435 g/mol. The first kappa shape index (κ1) is 23.2. The highest BCUT2D eigenvalue weighted by Crippen LogP contribution is 2.45. The third-order valence-electron chi connectivity index (χ3n) is 8.45. The SMILES string of the molecule is CCCCC(C)(c1ccc(O)c(C2CCCCC2)c1)c1ccc(O)c(C2CCCCC2)c1. The van der Waals surface area contributed by atoms with Gasteiger partial charge in [-0.05, 0) is 78.3 Å². The molecule has 2 aromatic rings. The zero-order valence-electron chi connectivity index (χ0n) is 20.2. The van der Waals surface area contributed by atoms with Crippen molar-refractivity contribution in [3.8, 4) is 11.5 Å². The first-order chi connectivity index (χ1) is 15.5. The summed E-state index contributed by atoms with van der Waals surface area (Å²) in [5.41, 5.74) is 4.80. The zero-order chi connectivity index (χ0) is 22.6. The normalized spacial score (nSPS) is 18.7. The number of hydrogen-bond donors (Lipinski definition) is 2. The fourth-order valence-corrected chi connectivity index (χ4v) is 6.26. The summed E-state index contributed by atoms with van der Waals surface area (Å²) in [6.45, 7) is 4.63. The van der Waals surface area contributed by atoms with Crippen molar-refractivity contribution in [3.63, 3.8) is 0 Å². The van der Waals surface area contributed by atoms with Gasteiger partial charge in [0.2, 0.25) is 0 Å². The van der Waals surface area contributed by atoms with Gasteiger partial charge in [0.25, 0.3) is 0 Å². The lowest BCUT2D eigenvalue weighted by molar-refractivity contribution is 0.410. The van der Waals surface area contributed by atoms with Gasteiger partial charge < -0.3 is 10.2 Å². The van der Waals surface area contributed by atoms with Crippen molar-refractivity contribution in [1.82, 2.24) is 0 Å². The van der Waals surface area contributed by atoms with Crippen molar-refractivity contribution < 1.29 is 10.2 Å². The number of hydrogen-bond acceptors (Lipinski definition) is 2. The van der Waals surface area contributed by atoms with E-state index in [9.17, 15) is 10.2 Å². The molecule has 2 heteroatoms. The molecule has 2 aliphatic carbocycles. The van der Waals surface area contributed by atoms with E-state index < -0.39 is 0 Å². The molecule has 4 rings (SSSR count). The van der Waals surface area contributed by atoms with Crippen LogP contribution >= 0.6 is 0 Å². The third kappa shape index (κ3) is 4.85. The highest BCUT2D eigenvalue weighted by Gasteiger charge is 2.32. The number of phenols is 2. The molecule has 0 amide bonds. The second kappa shape index (κ2) is 10.3. The van der Waals surface area contributed by atoms with Crippen LogP contribution in [0.2, 0.25) is 0 Å². The third-order valence-corrected chi connectivity index (χ3v) is 8.45. The van der Waals surface area contributed by atoms with Crippen LogP contribution in [0.4, 0.5) is 0 Å². The molecule has 0 aliphatic heterocycles. The van der Waals surface area contributed by atoms with Crippen LogP contribution in [0, 0.1) is 0 Å². The van der Waals surface area contributed by atoms with E-state index in [0.717, 1.165) is 30.4 Å². The summed E-state index contributed by atoms with van der Waals surface area (Å²) in [6.07, 6.45) is 15.9. The first-order valence-corrected chi connectivity index (χ1v) is 13.2. The minimum atomic E-state index is -0.121. The van der Waals surface area contributed by atoms with Crippen LogP contribution in [0.3, 0.4) is 0 Å². The predicted octanol–water partition coefficient (Wildman–Crippen LogP) is 8.69. The number of phenolic OH excluding ortho intramolecular Hbond substituents is 2. The highest BCUT2D eigenvalue weighted by atomic mass is 16.3. The second-order valence-corrected chi connectivity index (χ2v) is 10.7. The molecule has 0 heterocycles. The van der Waals surface area contributed by atoms with E-state index in [1.54, 1.807) is 0 Å². The lowest BCUT2D eigenvalue weighted by Crippen LogP contribution is -2.24. The van der Waals surface area contributed by atoms with Gasteiger partial charge in [-0.15, -0.1) is 0 Å². The second-order valence-electron chi connectivity index (χ2n) is 10.7. The standard InChI is InChI=1S/C30H42O2/c1-3-4-19-30(2,24-15-17-28(31)26(20-24)22-11-7-5-8-12-22)25-16-18-29(32)27(21-25)23-13-9-6-10-14-23/h15-18,20-23,31-32H,3-14,19H2,1-2H3. The van der Waals surface area contributed by atoms with Crippen LogP contribution in [-0.2, 0) is 5.41 Å². The van der Waals surface area contributed by atoms with Crippen molar-refractivity contribution in [2.45, 2.75) is 115 Å². The molecular weight excluding hydrogens is 392 g/mol. The fraction of sp³-hybridized carbons (Fsp3) is 0.600. The zero-order valence-corrected chi connectivity index (χ0v) is 20.2. The predicted molar refractivity (Wildman–Crippen MR) is 134 cm³/mol. The van der Waals surface area contributed by atoms with Crippen LogP contribution < -0.4 is 0 Å². The van der Waals surface area contributed by atoms with E-state index in [1.165, 1.54) is 75.3 Å². The molecule has 0 aromatic heterocycles. The molecule has 2 N–H and O–H groups in total. The minimum absolute atomic E-state index is 0.121. The van der Waals surface area contributed by atoms with Gasteiger partial charge in [-0.2, -0.15) is 0 Å². The van der Waals surface area contributed by atoms with Crippen molar-refractivity contribution in [3.05, 3.63) is 58.7 Å². The van der Waals surface area contributed by atoms with Gasteiger partial charge >= 0.3 is 0 Å². The minimum Gasteiger partial charge on any atom is -0.508 e. The average Bonchev–Trinajstić information content (AvgIpc) is 2.84. The summed E-state index contributed by atoms with van der Waals surface area (Å²) in [5, 5.41) is 21.4. The Morgan fingerprint density at radius 2 is 1.16 bits per heavy atom. The van der Waals surface area contributed by atoms with Crippen molar-refractivity contribution in [2.24, 2.45) is 0 Å². The maximum atomic E-state index is 10.7. The number of benzene rings is 2. The Labute approximate surface area is 195 Å². The summed E-state index contributed by atoms with van der Waals surface area (Å²) >= 11 is 0. The monoisotopic (exact) mass is 434 g/mol. The van der Waals surface area contributed by atoms with Gasteiger partial charge in [-0.1, -0.05) is 89.5 Å². The molecule has 2 saturated carbocycles. The van der Waals surface area contributed by atoms with Gasteiger partial charge in [-0.3, -0.25) is 0 Å². The Bertz CT molecular complexity index is 820. The number of aromatic hydroxyl groups is 2. The molecule has 2 nitrogen and oxygen atoms in total. The highest BCUT2D eigenvalue weighted by molar-refractivity contribution is 5.49. The maximum absolute atomic E-state index is 10.7. The molecule has 174 valence electrons. The quantitative estimate of drug-likeness (QED) is 0.457. The molecule has 2 aromatic carbocycles. The molecule has 0 bridgehead atoms. The molecule has 32 heavy (non-hydrogen) atoms. The van der Waals surface area contributed by atoms with Crippen LogP contribution in [0.5, 0.6) is 11.5 Å². The Morgan fingerprint density at radius 1 is 0.719 bits per heavy atom. The topological polar surface area (TPSA) is 40.5 Å². The molecule has 0 unspecified atom stereocenters. The molecular formula is C30H42O2. The summed E-state index contributed by atoms with van der Waals surface area (Å²) < 4.78 is 0.